The summed E-state index contributed by atoms with van der Waals surface area (Å²) in [5.41, 5.74) is 6.53. The molecule has 9 heteroatoms. The summed E-state index contributed by atoms with van der Waals surface area (Å²) in [5.74, 6) is -6.83. The Bertz CT molecular complexity index is 1280. The fourth-order valence-corrected chi connectivity index (χ4v) is 3.31. The van der Waals surface area contributed by atoms with E-state index < -0.39 is 74.2 Å². The number of likely N-dealkylation sites (tertiary alicyclic amines) is 1. The zero-order valence-electron chi connectivity index (χ0n) is 29.2. The first-order valence-corrected chi connectivity index (χ1v) is 10.4. The van der Waals surface area contributed by atoms with Crippen LogP contribution in [0.4, 0.5) is 0 Å². The molecule has 1 saturated heterocycles. The summed E-state index contributed by atoms with van der Waals surface area (Å²) in [5, 5.41) is 12.3. The maximum atomic E-state index is 14.0. The van der Waals surface area contributed by atoms with Crippen LogP contribution in [0, 0.1) is 11.3 Å². The maximum Gasteiger partial charge on any atom is 0.319 e. The van der Waals surface area contributed by atoms with E-state index in [9.17, 15) is 14.4 Å². The number of nitrogens with zero attached hydrogens (tertiary/aromatic N) is 1. The van der Waals surface area contributed by atoms with Crippen LogP contribution in [-0.4, -0.2) is 60.3 Å². The molecular weight excluding hydrogens is 422 g/mol. The quantitative estimate of drug-likeness (QED) is 0.232. The molecule has 5 N–H and O–H groups in total. The zero-order chi connectivity index (χ0) is 33.7. The summed E-state index contributed by atoms with van der Waals surface area (Å²) in [4.78, 5) is 40.1. The van der Waals surface area contributed by atoms with Crippen LogP contribution < -0.4 is 16.4 Å². The highest BCUT2D eigenvalue weighted by atomic mass is 16.5. The standard InChI is InChI=1S/C24H35N5O4/c1-2-33-20(30)15-27-21(17-6-4-3-5-7-17)24(32)29-13-12-19(29)23(31)28-14-16-8-10-18(11-9-16)22(25)26/h8-11,17,19,21,27H,2-7,12-15H2,1H3,(H3,25,26)(H,28,31)/t19-,21+/m0/s1/i3D2,4D2,5D2,6D2,7D2,17D. The minimum Gasteiger partial charge on any atom is -0.465 e. The highest BCUT2D eigenvalue weighted by molar-refractivity contribution is 5.95. The van der Waals surface area contributed by atoms with Crippen LogP contribution in [0.3, 0.4) is 0 Å². The Balaban J connectivity index is 1.98. The lowest BCUT2D eigenvalue weighted by Gasteiger charge is -2.43. The molecule has 0 radical (unpaired) electrons. The van der Waals surface area contributed by atoms with Crippen LogP contribution in [0.1, 0.15) is 71.4 Å². The number of nitrogens with two attached hydrogens (primary N) is 1. The van der Waals surface area contributed by atoms with Crippen molar-refractivity contribution in [2.24, 2.45) is 11.6 Å². The largest absolute Gasteiger partial charge is 0.465 e. The van der Waals surface area contributed by atoms with Gasteiger partial charge in [-0.25, -0.2) is 0 Å². The molecule has 1 saturated carbocycles. The van der Waals surface area contributed by atoms with Crippen LogP contribution in [0.15, 0.2) is 24.3 Å². The molecule has 33 heavy (non-hydrogen) atoms. The summed E-state index contributed by atoms with van der Waals surface area (Å²) in [6.07, 6.45) is -19.2. The average Bonchev–Trinajstić information content (AvgIpc) is 2.90. The van der Waals surface area contributed by atoms with E-state index in [1.165, 1.54) is 6.92 Å². The Labute approximate surface area is 210 Å². The number of carbonyl (C=O) groups excluding carboxylic acids is 3. The molecule has 2 atom stereocenters. The lowest BCUT2D eigenvalue weighted by atomic mass is 9.82. The second-order valence-corrected chi connectivity index (χ2v) is 7.32. The second kappa shape index (κ2) is 11.8. The summed E-state index contributed by atoms with van der Waals surface area (Å²) in [6, 6.07) is 2.72. The number of nitrogens with one attached hydrogen (secondary N) is 3. The topological polar surface area (TPSA) is 138 Å². The molecule has 0 aromatic heterocycles. The number of hydrogen-bond donors (Lipinski definition) is 4. The van der Waals surface area contributed by atoms with Gasteiger partial charge in [-0.1, -0.05) is 43.4 Å². The Hall–Kier alpha value is -2.94. The van der Waals surface area contributed by atoms with Crippen molar-refractivity contribution in [1.82, 2.24) is 15.5 Å². The number of rotatable bonds is 10. The van der Waals surface area contributed by atoms with Gasteiger partial charge in [-0.2, -0.15) is 0 Å². The normalized spacial score (nSPS) is 32.8. The number of carbonyl (C=O) groups is 3. The summed E-state index contributed by atoms with van der Waals surface area (Å²) in [7, 11) is 0. The third-order valence-corrected chi connectivity index (χ3v) is 5.15. The number of hydrogen-bond acceptors (Lipinski definition) is 6. The minimum atomic E-state index is -3.88. The molecule has 2 amide bonds. The van der Waals surface area contributed by atoms with Gasteiger partial charge in [0.15, 0.2) is 0 Å². The van der Waals surface area contributed by atoms with E-state index in [1.807, 2.05) is 0 Å². The fraction of sp³-hybridized carbons (Fsp3) is 0.583. The van der Waals surface area contributed by atoms with Crippen molar-refractivity contribution in [2.75, 3.05) is 19.7 Å². The molecule has 180 valence electrons. The molecule has 1 aromatic rings. The first-order chi connectivity index (χ1) is 20.0. The van der Waals surface area contributed by atoms with Crippen molar-refractivity contribution in [3.05, 3.63) is 35.4 Å². The second-order valence-electron chi connectivity index (χ2n) is 7.32. The van der Waals surface area contributed by atoms with E-state index in [2.05, 4.69) is 10.6 Å². The lowest BCUT2D eigenvalue weighted by molar-refractivity contribution is -0.151. The van der Waals surface area contributed by atoms with Crippen molar-refractivity contribution >= 4 is 23.6 Å². The van der Waals surface area contributed by atoms with Crippen molar-refractivity contribution in [3.63, 3.8) is 0 Å². The van der Waals surface area contributed by atoms with E-state index in [1.54, 1.807) is 24.3 Å². The highest BCUT2D eigenvalue weighted by Gasteiger charge is 2.42. The molecule has 0 spiro atoms. The summed E-state index contributed by atoms with van der Waals surface area (Å²) >= 11 is 0. The van der Waals surface area contributed by atoms with Crippen molar-refractivity contribution in [1.29, 1.82) is 5.41 Å². The molecule has 0 unspecified atom stereocenters. The van der Waals surface area contributed by atoms with E-state index in [4.69, 9.17) is 31.0 Å². The Morgan fingerprint density at radius 1 is 1.27 bits per heavy atom. The van der Waals surface area contributed by atoms with Gasteiger partial charge in [-0.05, 0) is 37.5 Å². The first kappa shape index (κ1) is 13.7. The van der Waals surface area contributed by atoms with Crippen LogP contribution in [-0.2, 0) is 25.7 Å². The molecule has 1 heterocycles. The number of amides is 2. The van der Waals surface area contributed by atoms with E-state index in [0.29, 0.717) is 11.1 Å². The van der Waals surface area contributed by atoms with Crippen molar-refractivity contribution in [3.8, 4) is 0 Å². The van der Waals surface area contributed by atoms with Gasteiger partial charge < -0.3 is 20.7 Å². The molecule has 1 aliphatic carbocycles. The summed E-state index contributed by atoms with van der Waals surface area (Å²) < 4.78 is 97.2. The highest BCUT2D eigenvalue weighted by Crippen LogP contribution is 2.29. The number of benzene rings is 1. The third-order valence-electron chi connectivity index (χ3n) is 5.15. The predicted octanol–water partition coefficient (Wildman–Crippen LogP) is 1.29. The van der Waals surface area contributed by atoms with Gasteiger partial charge in [-0.3, -0.25) is 25.1 Å². The molecule has 9 nitrogen and oxygen atoms in total. The maximum absolute atomic E-state index is 14.0. The minimum absolute atomic E-state index is 0.00304. The molecule has 3 rings (SSSR count). The van der Waals surface area contributed by atoms with Gasteiger partial charge in [0.25, 0.3) is 0 Å². The zero-order valence-corrected chi connectivity index (χ0v) is 18.2. The smallest absolute Gasteiger partial charge is 0.319 e. The van der Waals surface area contributed by atoms with Gasteiger partial charge in [0.2, 0.25) is 11.8 Å². The fourth-order valence-electron chi connectivity index (χ4n) is 3.31. The first-order valence-electron chi connectivity index (χ1n) is 15.9. The summed E-state index contributed by atoms with van der Waals surface area (Å²) in [6.45, 7) is 0.353. The van der Waals surface area contributed by atoms with E-state index >= 15 is 0 Å². The number of ether oxygens (including phenoxy) is 1. The molecular formula is C24H35N5O4. The number of amidine groups is 1. The molecule has 1 aliphatic heterocycles. The molecule has 2 aliphatic rings. The van der Waals surface area contributed by atoms with Gasteiger partial charge in [0, 0.05) is 33.7 Å². The van der Waals surface area contributed by atoms with Crippen molar-refractivity contribution < 1.29 is 34.2 Å². The molecule has 1 aromatic carbocycles. The van der Waals surface area contributed by atoms with Crippen LogP contribution in [0.25, 0.3) is 0 Å². The van der Waals surface area contributed by atoms with E-state index in [0.717, 1.165) is 4.90 Å². The number of esters is 1. The van der Waals surface area contributed by atoms with Gasteiger partial charge >= 0.3 is 5.97 Å². The SMILES string of the molecule is [2H]C1([2H])C([2H])([2H])C([2H])([2H])C([2H])([C@@H](NCC(=O)OCC)C(=O)N2CC[C@H]2C(=O)NCc2ccc(C(=N)N)cc2)C([2H])([2H])C1([2H])[2H]. The lowest BCUT2D eigenvalue weighted by Crippen LogP contribution is -2.63. The van der Waals surface area contributed by atoms with E-state index in [-0.39, 0.29) is 32.0 Å². The van der Waals surface area contributed by atoms with Crippen LogP contribution >= 0.6 is 0 Å². The van der Waals surface area contributed by atoms with Gasteiger partial charge in [-0.15, -0.1) is 0 Å². The average molecular weight is 469 g/mol. The molecule has 2 fully saturated rings. The Kier molecular flexibility index (Phi) is 4.89. The molecule has 0 bridgehead atoms. The Morgan fingerprint density at radius 3 is 2.55 bits per heavy atom. The van der Waals surface area contributed by atoms with Gasteiger partial charge in [0.05, 0.1) is 19.2 Å². The van der Waals surface area contributed by atoms with Crippen LogP contribution in [0.5, 0.6) is 0 Å². The number of nitrogen functional groups attached to an aromatic ring is 1. The third kappa shape index (κ3) is 6.54. The van der Waals surface area contributed by atoms with Crippen LogP contribution in [0.2, 0.25) is 0 Å². The monoisotopic (exact) mass is 468 g/mol. The Morgan fingerprint density at radius 2 is 1.97 bits per heavy atom. The predicted molar refractivity (Wildman–Crippen MR) is 124 cm³/mol. The van der Waals surface area contributed by atoms with Crippen molar-refractivity contribution in [2.45, 2.75) is 63.8 Å². The van der Waals surface area contributed by atoms with Gasteiger partial charge in [0.1, 0.15) is 11.9 Å².